The minimum Gasteiger partial charge on any atom is -0.348 e. The fraction of sp³-hybridized carbons (Fsp3) is 0.357. The van der Waals surface area contributed by atoms with Gasteiger partial charge >= 0.3 is 0 Å². The van der Waals surface area contributed by atoms with Crippen LogP contribution in [0.15, 0.2) is 60.8 Å². The third-order valence-electron chi connectivity index (χ3n) is 6.86. The number of hydrogen-bond acceptors (Lipinski definition) is 5. The largest absolute Gasteiger partial charge is 0.348 e. The molecule has 2 aliphatic rings. The van der Waals surface area contributed by atoms with Gasteiger partial charge in [-0.1, -0.05) is 54.6 Å². The van der Waals surface area contributed by atoms with E-state index in [1.54, 1.807) is 18.3 Å². The fourth-order valence-electron chi connectivity index (χ4n) is 4.67. The molecule has 2 aromatic carbocycles. The lowest BCUT2D eigenvalue weighted by Gasteiger charge is -2.31. The Hall–Kier alpha value is -3.39. The van der Waals surface area contributed by atoms with Crippen molar-refractivity contribution in [1.29, 1.82) is 0 Å². The second-order valence-corrected chi connectivity index (χ2v) is 9.59. The van der Waals surface area contributed by atoms with Crippen molar-refractivity contribution in [2.24, 2.45) is 0 Å². The molecule has 1 fully saturated rings. The molecule has 1 atom stereocenters. The summed E-state index contributed by atoms with van der Waals surface area (Å²) in [5.41, 5.74) is 3.71. The van der Waals surface area contributed by atoms with E-state index in [-0.39, 0.29) is 24.7 Å². The highest BCUT2D eigenvalue weighted by atomic mass is 19.3. The maximum atomic E-state index is 14.2. The van der Waals surface area contributed by atoms with Gasteiger partial charge in [0.2, 0.25) is 5.95 Å². The molecular weight excluding hydrogens is 463 g/mol. The van der Waals surface area contributed by atoms with Gasteiger partial charge in [-0.05, 0) is 24.1 Å². The zero-order chi connectivity index (χ0) is 25.1. The maximum absolute atomic E-state index is 14.2. The molecule has 36 heavy (non-hydrogen) atoms. The Labute approximate surface area is 209 Å². The van der Waals surface area contributed by atoms with Gasteiger partial charge in [0.15, 0.2) is 0 Å². The first-order valence-corrected chi connectivity index (χ1v) is 12.3. The van der Waals surface area contributed by atoms with Crippen molar-refractivity contribution in [3.8, 4) is 0 Å². The Morgan fingerprint density at radius 3 is 2.53 bits per heavy atom. The summed E-state index contributed by atoms with van der Waals surface area (Å²) in [4.78, 5) is 13.4. The summed E-state index contributed by atoms with van der Waals surface area (Å²) in [5, 5.41) is 3.37. The molecule has 0 spiro atoms. The molecule has 1 N–H and O–H groups in total. The van der Waals surface area contributed by atoms with E-state index in [2.05, 4.69) is 39.5 Å². The number of nitrogens with one attached hydrogen (secondary N) is 1. The summed E-state index contributed by atoms with van der Waals surface area (Å²) in [7, 11) is 0. The van der Waals surface area contributed by atoms with Crippen LogP contribution in [-0.4, -0.2) is 40.4 Å². The van der Waals surface area contributed by atoms with Crippen LogP contribution in [0.2, 0.25) is 0 Å². The van der Waals surface area contributed by atoms with Crippen LogP contribution in [0.1, 0.15) is 48.1 Å². The molecule has 0 amide bonds. The third kappa shape index (κ3) is 5.70. The first-order valence-electron chi connectivity index (χ1n) is 12.3. The van der Waals surface area contributed by atoms with Crippen LogP contribution in [0.4, 0.5) is 24.9 Å². The van der Waals surface area contributed by atoms with Crippen LogP contribution in [0, 0.1) is 5.82 Å². The topological polar surface area (TPSA) is 44.3 Å². The van der Waals surface area contributed by atoms with Gasteiger partial charge in [-0.25, -0.2) is 18.2 Å². The Kier molecular flexibility index (Phi) is 6.96. The van der Waals surface area contributed by atoms with Crippen molar-refractivity contribution in [3.63, 3.8) is 0 Å². The average Bonchev–Trinajstić information content (AvgIpc) is 2.87. The Morgan fingerprint density at radius 2 is 1.78 bits per heavy atom. The summed E-state index contributed by atoms with van der Waals surface area (Å²) >= 11 is 0. The zero-order valence-corrected chi connectivity index (χ0v) is 20.3. The van der Waals surface area contributed by atoms with Crippen molar-refractivity contribution in [2.45, 2.75) is 44.8 Å². The van der Waals surface area contributed by atoms with E-state index in [1.165, 1.54) is 6.07 Å². The average molecular weight is 494 g/mol. The van der Waals surface area contributed by atoms with Crippen LogP contribution in [-0.2, 0) is 13.1 Å². The second-order valence-electron chi connectivity index (χ2n) is 9.59. The van der Waals surface area contributed by atoms with Gasteiger partial charge in [0, 0.05) is 62.9 Å². The number of likely N-dealkylation sites (tertiary alicyclic amines) is 1. The van der Waals surface area contributed by atoms with E-state index in [1.807, 2.05) is 30.0 Å². The predicted octanol–water partition coefficient (Wildman–Crippen LogP) is 6.05. The minimum atomic E-state index is -2.52. The third-order valence-corrected chi connectivity index (χ3v) is 6.86. The van der Waals surface area contributed by atoms with Crippen LogP contribution in [0.5, 0.6) is 0 Å². The number of halogens is 3. The molecular formula is C28H30F3N5. The number of anilines is 2. The SMILES string of the molecule is CC(Nc1ncc2c(n1)N(Cc1ccccc1F)CC=C2)c1ccc(CN2CCC(F)(F)CC2)cc1. The summed E-state index contributed by atoms with van der Waals surface area (Å²) in [6, 6.07) is 15.0. The van der Waals surface area contributed by atoms with Crippen LogP contribution < -0.4 is 10.2 Å². The van der Waals surface area contributed by atoms with Crippen LogP contribution in [0.25, 0.3) is 6.08 Å². The van der Waals surface area contributed by atoms with E-state index in [9.17, 15) is 13.2 Å². The first-order chi connectivity index (χ1) is 17.4. The van der Waals surface area contributed by atoms with Gasteiger partial charge in [-0.2, -0.15) is 4.98 Å². The molecule has 8 heteroatoms. The number of rotatable bonds is 7. The number of benzene rings is 2. The quantitative estimate of drug-likeness (QED) is 0.434. The van der Waals surface area contributed by atoms with Gasteiger partial charge in [-0.3, -0.25) is 4.90 Å². The summed E-state index contributed by atoms with van der Waals surface area (Å²) < 4.78 is 41.0. The number of piperidine rings is 1. The van der Waals surface area contributed by atoms with Gasteiger partial charge in [-0.15, -0.1) is 0 Å². The number of nitrogens with zero attached hydrogens (tertiary/aromatic N) is 4. The highest BCUT2D eigenvalue weighted by molar-refractivity contribution is 5.68. The molecule has 0 aliphatic carbocycles. The van der Waals surface area contributed by atoms with Crippen LogP contribution in [0.3, 0.4) is 0 Å². The van der Waals surface area contributed by atoms with Gasteiger partial charge < -0.3 is 10.2 Å². The molecule has 1 saturated heterocycles. The molecule has 1 aromatic heterocycles. The van der Waals surface area contributed by atoms with Crippen molar-refractivity contribution in [3.05, 3.63) is 88.9 Å². The predicted molar refractivity (Wildman–Crippen MR) is 136 cm³/mol. The Morgan fingerprint density at radius 1 is 1.03 bits per heavy atom. The molecule has 0 saturated carbocycles. The maximum Gasteiger partial charge on any atom is 0.250 e. The lowest BCUT2D eigenvalue weighted by molar-refractivity contribution is -0.0566. The Bertz CT molecular complexity index is 1220. The molecule has 1 unspecified atom stereocenters. The normalized spacial score (nSPS) is 18.1. The molecule has 3 heterocycles. The molecule has 3 aromatic rings. The molecule has 5 nitrogen and oxygen atoms in total. The fourth-order valence-corrected chi connectivity index (χ4v) is 4.67. The molecule has 0 radical (unpaired) electrons. The molecule has 0 bridgehead atoms. The van der Waals surface area contributed by atoms with Crippen molar-refractivity contribution >= 4 is 17.8 Å². The van der Waals surface area contributed by atoms with Gasteiger partial charge in [0.25, 0.3) is 5.92 Å². The summed E-state index contributed by atoms with van der Waals surface area (Å²) in [5.74, 6) is -1.47. The number of fused-ring (bicyclic) bond motifs is 1. The standard InChI is InChI=1S/C28H30F3N5/c1-20(22-10-8-21(9-11-22)18-35-15-12-28(30,31)13-16-35)33-27-32-17-23-6-4-14-36(26(23)34-27)19-24-5-2-3-7-25(24)29/h2-11,17,20H,12-16,18-19H2,1H3,(H,32,33,34). The van der Waals surface area contributed by atoms with Crippen molar-refractivity contribution in [1.82, 2.24) is 14.9 Å². The summed E-state index contributed by atoms with van der Waals surface area (Å²) in [6.45, 7) is 4.63. The van der Waals surface area contributed by atoms with Gasteiger partial charge in [0.05, 0.1) is 6.04 Å². The lowest BCUT2D eigenvalue weighted by Crippen LogP contribution is -2.38. The van der Waals surface area contributed by atoms with Crippen LogP contribution >= 0.6 is 0 Å². The lowest BCUT2D eigenvalue weighted by atomic mass is 10.0. The highest BCUT2D eigenvalue weighted by Crippen LogP contribution is 2.29. The van der Waals surface area contributed by atoms with Crippen molar-refractivity contribution < 1.29 is 13.2 Å². The monoisotopic (exact) mass is 493 g/mol. The zero-order valence-electron chi connectivity index (χ0n) is 20.3. The smallest absolute Gasteiger partial charge is 0.250 e. The highest BCUT2D eigenvalue weighted by Gasteiger charge is 2.33. The van der Waals surface area contributed by atoms with E-state index in [0.29, 0.717) is 44.2 Å². The minimum absolute atomic E-state index is 0.0371. The Balaban J connectivity index is 1.23. The number of hydrogen-bond donors (Lipinski definition) is 1. The van der Waals surface area contributed by atoms with Gasteiger partial charge in [0.1, 0.15) is 11.6 Å². The number of aromatic nitrogens is 2. The van der Waals surface area contributed by atoms with E-state index >= 15 is 0 Å². The first kappa shape index (κ1) is 24.3. The second kappa shape index (κ2) is 10.3. The molecule has 2 aliphatic heterocycles. The summed E-state index contributed by atoms with van der Waals surface area (Å²) in [6.07, 6.45) is 5.66. The van der Waals surface area contributed by atoms with E-state index < -0.39 is 5.92 Å². The molecule has 188 valence electrons. The van der Waals surface area contributed by atoms with E-state index in [4.69, 9.17) is 4.98 Å². The van der Waals surface area contributed by atoms with Crippen molar-refractivity contribution in [2.75, 3.05) is 29.9 Å². The molecule has 5 rings (SSSR count). The van der Waals surface area contributed by atoms with E-state index in [0.717, 1.165) is 22.5 Å². The number of alkyl halides is 2.